The molecule has 11 rings (SSSR count). The second kappa shape index (κ2) is 10.8. The number of hydrogen-bond acceptors (Lipinski definition) is 2. The summed E-state index contributed by atoms with van der Waals surface area (Å²) in [7, 11) is 0. The lowest BCUT2D eigenvalue weighted by Crippen LogP contribution is -1.94. The first-order chi connectivity index (χ1) is 25.3. The molecule has 0 radical (unpaired) electrons. The second-order valence-corrected chi connectivity index (χ2v) is 13.2. The predicted molar refractivity (Wildman–Crippen MR) is 212 cm³/mol. The summed E-state index contributed by atoms with van der Waals surface area (Å²) in [6.07, 6.45) is 0. The fraction of sp³-hybridized carbons (Fsp3) is 0. The van der Waals surface area contributed by atoms with E-state index < -0.39 is 0 Å². The number of fused-ring (bicyclic) bond motifs is 9. The van der Waals surface area contributed by atoms with Crippen LogP contribution in [-0.4, -0.2) is 4.57 Å². The Bertz CT molecular complexity index is 3020. The Labute approximate surface area is 293 Å². The van der Waals surface area contributed by atoms with Gasteiger partial charge in [0.2, 0.25) is 0 Å². The molecule has 0 unspecified atom stereocenters. The van der Waals surface area contributed by atoms with Crippen molar-refractivity contribution in [3.05, 3.63) is 176 Å². The van der Waals surface area contributed by atoms with Gasteiger partial charge >= 0.3 is 0 Å². The second-order valence-electron chi connectivity index (χ2n) is 13.2. The molecular formula is C48H29NO2. The summed E-state index contributed by atoms with van der Waals surface area (Å²) >= 11 is 0. The van der Waals surface area contributed by atoms with Crippen LogP contribution < -0.4 is 0 Å². The van der Waals surface area contributed by atoms with E-state index in [1.165, 1.54) is 10.8 Å². The van der Waals surface area contributed by atoms with Crippen LogP contribution in [-0.2, 0) is 0 Å². The Hall–Kier alpha value is -6.84. The van der Waals surface area contributed by atoms with Crippen molar-refractivity contribution < 1.29 is 8.83 Å². The Balaban J connectivity index is 1.36. The molecule has 0 N–H and O–H groups in total. The van der Waals surface area contributed by atoms with Gasteiger partial charge in [0, 0.05) is 49.0 Å². The van der Waals surface area contributed by atoms with E-state index in [2.05, 4.69) is 180 Å². The lowest BCUT2D eigenvalue weighted by Gasteiger charge is -2.11. The highest BCUT2D eigenvalue weighted by Crippen LogP contribution is 2.52. The predicted octanol–water partition coefficient (Wildman–Crippen LogP) is 13.6. The summed E-state index contributed by atoms with van der Waals surface area (Å²) in [5.74, 6) is 0. The minimum absolute atomic E-state index is 0.843. The topological polar surface area (TPSA) is 31.2 Å². The normalized spacial score (nSPS) is 11.9. The van der Waals surface area contributed by atoms with E-state index in [9.17, 15) is 0 Å². The van der Waals surface area contributed by atoms with Crippen LogP contribution in [0, 0.1) is 0 Å². The van der Waals surface area contributed by atoms with Gasteiger partial charge in [-0.25, -0.2) is 0 Å². The summed E-state index contributed by atoms with van der Waals surface area (Å²) < 4.78 is 16.9. The van der Waals surface area contributed by atoms with Crippen molar-refractivity contribution >= 4 is 65.7 Å². The molecule has 3 nitrogen and oxygen atoms in total. The fourth-order valence-electron chi connectivity index (χ4n) is 8.26. The van der Waals surface area contributed by atoms with Gasteiger partial charge in [0.25, 0.3) is 0 Å². The van der Waals surface area contributed by atoms with Crippen molar-refractivity contribution in [1.29, 1.82) is 0 Å². The number of benzene rings is 8. The summed E-state index contributed by atoms with van der Waals surface area (Å²) in [5, 5.41) is 6.64. The van der Waals surface area contributed by atoms with Gasteiger partial charge in [-0.1, -0.05) is 158 Å². The Morgan fingerprint density at radius 2 is 0.745 bits per heavy atom. The van der Waals surface area contributed by atoms with Gasteiger partial charge in [-0.15, -0.1) is 0 Å². The van der Waals surface area contributed by atoms with Crippen LogP contribution in [0.25, 0.3) is 105 Å². The number of hydrogen-bond donors (Lipinski definition) is 0. The van der Waals surface area contributed by atoms with Crippen LogP contribution in [0.4, 0.5) is 0 Å². The average Bonchev–Trinajstić information content (AvgIpc) is 3.88. The van der Waals surface area contributed by atoms with Gasteiger partial charge < -0.3 is 13.4 Å². The van der Waals surface area contributed by atoms with Gasteiger partial charge in [0.1, 0.15) is 16.7 Å². The van der Waals surface area contributed by atoms with Crippen molar-refractivity contribution in [3.8, 4) is 39.1 Å². The van der Waals surface area contributed by atoms with Crippen LogP contribution in [0.15, 0.2) is 185 Å². The maximum absolute atomic E-state index is 7.33. The van der Waals surface area contributed by atoms with Crippen LogP contribution in [0.2, 0.25) is 0 Å². The first-order valence-electron chi connectivity index (χ1n) is 17.4. The van der Waals surface area contributed by atoms with Crippen molar-refractivity contribution in [1.82, 2.24) is 4.57 Å². The number of para-hydroxylation sites is 4. The SMILES string of the molecule is c1ccc(-c2cccc3c2oc2c(-c4ccccc4)c4c(oc5c(-n6c7ccccc7c7ccccc76)cccc54)c(-c4ccccc4)c23)cc1. The quantitative estimate of drug-likeness (QED) is 0.190. The highest BCUT2D eigenvalue weighted by atomic mass is 16.3. The fourth-order valence-corrected chi connectivity index (χ4v) is 8.26. The molecule has 3 heterocycles. The van der Waals surface area contributed by atoms with Crippen molar-refractivity contribution in [3.63, 3.8) is 0 Å². The zero-order valence-electron chi connectivity index (χ0n) is 27.5. The standard InChI is InChI=1S/C48H29NO2/c1-4-16-30(17-5-1)33-24-14-25-36-43-41(31-18-6-2-7-19-31)48-44(42(47(43)50-45(33)36)32-20-8-3-9-21-32)37-26-15-29-40(46(37)51-48)49-38-27-12-10-22-34(38)35-23-11-13-28-39(35)49/h1-29H. The zero-order valence-corrected chi connectivity index (χ0v) is 27.5. The monoisotopic (exact) mass is 651 g/mol. The Morgan fingerprint density at radius 3 is 1.31 bits per heavy atom. The average molecular weight is 652 g/mol. The summed E-state index contributed by atoms with van der Waals surface area (Å²) in [6.45, 7) is 0. The molecule has 0 fully saturated rings. The van der Waals surface area contributed by atoms with E-state index in [-0.39, 0.29) is 0 Å². The van der Waals surface area contributed by atoms with Gasteiger partial charge in [-0.3, -0.25) is 0 Å². The molecule has 0 aliphatic rings. The Morgan fingerprint density at radius 1 is 0.314 bits per heavy atom. The number of nitrogens with zero attached hydrogens (tertiary/aromatic N) is 1. The molecule has 3 heteroatoms. The molecule has 0 bridgehead atoms. The number of rotatable bonds is 4. The lowest BCUT2D eigenvalue weighted by molar-refractivity contribution is 0.664. The summed E-state index contributed by atoms with van der Waals surface area (Å²) in [5.41, 5.74) is 13.1. The maximum Gasteiger partial charge on any atom is 0.159 e. The van der Waals surface area contributed by atoms with E-state index in [4.69, 9.17) is 8.83 Å². The molecular weight excluding hydrogens is 623 g/mol. The molecule has 0 amide bonds. The van der Waals surface area contributed by atoms with E-state index in [1.807, 2.05) is 0 Å². The molecule has 8 aromatic carbocycles. The molecule has 0 spiro atoms. The van der Waals surface area contributed by atoms with E-state index in [0.29, 0.717) is 0 Å². The third kappa shape index (κ3) is 4.00. The van der Waals surface area contributed by atoms with Gasteiger partial charge in [-0.2, -0.15) is 0 Å². The molecule has 0 atom stereocenters. The molecule has 3 aromatic heterocycles. The van der Waals surface area contributed by atoms with E-state index >= 15 is 0 Å². The number of furan rings is 2. The minimum atomic E-state index is 0.843. The highest BCUT2D eigenvalue weighted by molar-refractivity contribution is 6.31. The summed E-state index contributed by atoms with van der Waals surface area (Å²) in [6, 6.07) is 62.0. The maximum atomic E-state index is 7.33. The van der Waals surface area contributed by atoms with Gasteiger partial charge in [0.05, 0.1) is 16.7 Å². The molecule has 0 aliphatic carbocycles. The van der Waals surface area contributed by atoms with E-state index in [0.717, 1.165) is 94.0 Å². The number of aromatic nitrogens is 1. The first kappa shape index (κ1) is 28.0. The van der Waals surface area contributed by atoms with E-state index in [1.54, 1.807) is 0 Å². The largest absolute Gasteiger partial charge is 0.455 e. The molecule has 0 saturated heterocycles. The Kier molecular flexibility index (Phi) is 5.96. The third-order valence-electron chi connectivity index (χ3n) is 10.4. The molecule has 0 saturated carbocycles. The van der Waals surface area contributed by atoms with Gasteiger partial charge in [-0.05, 0) is 34.9 Å². The smallest absolute Gasteiger partial charge is 0.159 e. The molecule has 51 heavy (non-hydrogen) atoms. The highest BCUT2D eigenvalue weighted by Gasteiger charge is 2.28. The molecule has 238 valence electrons. The van der Waals surface area contributed by atoms with Crippen LogP contribution in [0.5, 0.6) is 0 Å². The van der Waals surface area contributed by atoms with Crippen LogP contribution >= 0.6 is 0 Å². The lowest BCUT2D eigenvalue weighted by atomic mass is 9.90. The van der Waals surface area contributed by atoms with Crippen LogP contribution in [0.3, 0.4) is 0 Å². The minimum Gasteiger partial charge on any atom is -0.455 e. The van der Waals surface area contributed by atoms with Crippen LogP contribution in [0.1, 0.15) is 0 Å². The zero-order chi connectivity index (χ0) is 33.5. The first-order valence-corrected chi connectivity index (χ1v) is 17.4. The molecule has 0 aliphatic heterocycles. The van der Waals surface area contributed by atoms with Crippen molar-refractivity contribution in [2.45, 2.75) is 0 Å². The van der Waals surface area contributed by atoms with Crippen molar-refractivity contribution in [2.75, 3.05) is 0 Å². The molecule has 11 aromatic rings. The van der Waals surface area contributed by atoms with Gasteiger partial charge in [0.15, 0.2) is 5.58 Å². The third-order valence-corrected chi connectivity index (χ3v) is 10.4. The van der Waals surface area contributed by atoms with Crippen molar-refractivity contribution in [2.24, 2.45) is 0 Å². The summed E-state index contributed by atoms with van der Waals surface area (Å²) in [4.78, 5) is 0.